The smallest absolute Gasteiger partial charge is 0.330 e. The van der Waals surface area contributed by atoms with E-state index >= 15 is 0 Å². The van der Waals surface area contributed by atoms with Crippen molar-refractivity contribution in [1.29, 1.82) is 0 Å². The van der Waals surface area contributed by atoms with E-state index in [4.69, 9.17) is 5.73 Å². The molecule has 0 amide bonds. The Morgan fingerprint density at radius 1 is 1.62 bits per heavy atom. The summed E-state index contributed by atoms with van der Waals surface area (Å²) in [5.74, 6) is 0.549. The van der Waals surface area contributed by atoms with Crippen molar-refractivity contribution in [3.05, 3.63) is 12.2 Å². The number of rotatable bonds is 6. The van der Waals surface area contributed by atoms with Gasteiger partial charge in [0.25, 0.3) is 0 Å². The molecule has 4 nitrogen and oxygen atoms in total. The molecule has 1 unspecified atom stereocenters. The van der Waals surface area contributed by atoms with E-state index in [9.17, 15) is 9.00 Å². The second kappa shape index (κ2) is 7.94. The first-order valence-corrected chi connectivity index (χ1v) is 5.49. The van der Waals surface area contributed by atoms with Crippen LogP contribution in [-0.2, 0) is 20.3 Å². The average molecular weight is 205 g/mol. The van der Waals surface area contributed by atoms with Gasteiger partial charge in [0.2, 0.25) is 0 Å². The molecule has 0 radical (unpaired) electrons. The Morgan fingerprint density at radius 2 is 2.31 bits per heavy atom. The van der Waals surface area contributed by atoms with Crippen molar-refractivity contribution in [3.63, 3.8) is 0 Å². The summed E-state index contributed by atoms with van der Waals surface area (Å²) in [4.78, 5) is 10.6. The zero-order chi connectivity index (χ0) is 10.1. The molecule has 0 bridgehead atoms. The number of methoxy groups -OCH3 is 1. The van der Waals surface area contributed by atoms with Gasteiger partial charge in [-0.25, -0.2) is 4.79 Å². The highest BCUT2D eigenvalue weighted by Crippen LogP contribution is 1.88. The third-order valence-corrected chi connectivity index (χ3v) is 2.62. The second-order valence-corrected chi connectivity index (χ2v) is 4.00. The van der Waals surface area contributed by atoms with Crippen LogP contribution in [0.15, 0.2) is 12.2 Å². The predicted molar refractivity (Wildman–Crippen MR) is 52.7 cm³/mol. The molecular formula is C8H15NO3S. The van der Waals surface area contributed by atoms with E-state index in [0.717, 1.165) is 6.42 Å². The van der Waals surface area contributed by atoms with Gasteiger partial charge in [-0.15, -0.1) is 0 Å². The standard InChI is InChI=1S/C8H15NO3S/c1-12-8(10)4-2-6-13(11)7-3-5-9/h2,4H,3,5-7,9H2,1H3/b4-2+. The molecule has 5 heteroatoms. The van der Waals surface area contributed by atoms with Crippen LogP contribution in [0.2, 0.25) is 0 Å². The quantitative estimate of drug-likeness (QED) is 0.482. The number of carbonyl (C=O) groups is 1. The summed E-state index contributed by atoms with van der Waals surface area (Å²) in [5, 5.41) is 0. The molecule has 1 atom stereocenters. The minimum absolute atomic E-state index is 0.384. The van der Waals surface area contributed by atoms with Crippen molar-refractivity contribution in [1.82, 2.24) is 0 Å². The SMILES string of the molecule is COC(=O)/C=C/CS(=O)CCCN. The minimum Gasteiger partial charge on any atom is -0.466 e. The fraction of sp³-hybridized carbons (Fsp3) is 0.625. The lowest BCUT2D eigenvalue weighted by Gasteiger charge is -1.95. The molecule has 0 aliphatic heterocycles. The van der Waals surface area contributed by atoms with Gasteiger partial charge in [-0.1, -0.05) is 6.08 Å². The monoisotopic (exact) mass is 205 g/mol. The van der Waals surface area contributed by atoms with Crippen LogP contribution in [-0.4, -0.2) is 35.3 Å². The molecule has 13 heavy (non-hydrogen) atoms. The second-order valence-electron chi connectivity index (χ2n) is 2.38. The van der Waals surface area contributed by atoms with Crippen molar-refractivity contribution in [2.75, 3.05) is 25.2 Å². The molecule has 0 fully saturated rings. The molecule has 0 saturated heterocycles. The Kier molecular flexibility index (Phi) is 7.53. The number of hydrogen-bond donors (Lipinski definition) is 1. The van der Waals surface area contributed by atoms with Crippen molar-refractivity contribution in [2.24, 2.45) is 5.73 Å². The highest BCUT2D eigenvalue weighted by molar-refractivity contribution is 7.85. The van der Waals surface area contributed by atoms with Gasteiger partial charge in [-0.2, -0.15) is 0 Å². The molecule has 0 aliphatic rings. The van der Waals surface area contributed by atoms with Crippen molar-refractivity contribution in [2.45, 2.75) is 6.42 Å². The van der Waals surface area contributed by atoms with Crippen LogP contribution in [0.1, 0.15) is 6.42 Å². The third-order valence-electron chi connectivity index (χ3n) is 1.31. The van der Waals surface area contributed by atoms with Crippen LogP contribution in [0.3, 0.4) is 0 Å². The van der Waals surface area contributed by atoms with E-state index in [2.05, 4.69) is 4.74 Å². The Balaban J connectivity index is 3.57. The van der Waals surface area contributed by atoms with Crippen molar-refractivity contribution >= 4 is 16.8 Å². The first kappa shape index (κ1) is 12.3. The molecular weight excluding hydrogens is 190 g/mol. The van der Waals surface area contributed by atoms with Crippen LogP contribution in [0, 0.1) is 0 Å². The highest BCUT2D eigenvalue weighted by Gasteiger charge is 1.96. The summed E-state index contributed by atoms with van der Waals surface area (Å²) in [5.41, 5.74) is 5.25. The first-order chi connectivity index (χ1) is 6.20. The molecule has 76 valence electrons. The summed E-state index contributed by atoms with van der Waals surface area (Å²) in [7, 11) is 0.391. The summed E-state index contributed by atoms with van der Waals surface area (Å²) in [6, 6.07) is 0. The van der Waals surface area contributed by atoms with Gasteiger partial charge >= 0.3 is 5.97 Å². The molecule has 0 aliphatic carbocycles. The lowest BCUT2D eigenvalue weighted by molar-refractivity contribution is -0.134. The number of esters is 1. The minimum atomic E-state index is -0.913. The average Bonchev–Trinajstić information content (AvgIpc) is 2.14. The van der Waals surface area contributed by atoms with Crippen LogP contribution in [0.4, 0.5) is 0 Å². The number of hydrogen-bond acceptors (Lipinski definition) is 4. The van der Waals surface area contributed by atoms with Gasteiger partial charge in [0, 0.05) is 28.4 Å². The van der Waals surface area contributed by atoms with Gasteiger partial charge in [0.15, 0.2) is 0 Å². The number of ether oxygens (including phenoxy) is 1. The van der Waals surface area contributed by atoms with Gasteiger partial charge in [-0.3, -0.25) is 4.21 Å². The van der Waals surface area contributed by atoms with Crippen LogP contribution >= 0.6 is 0 Å². The van der Waals surface area contributed by atoms with Gasteiger partial charge in [-0.05, 0) is 13.0 Å². The van der Waals surface area contributed by atoms with Crippen molar-refractivity contribution in [3.8, 4) is 0 Å². The van der Waals surface area contributed by atoms with E-state index in [-0.39, 0.29) is 0 Å². The molecule has 0 aromatic carbocycles. The topological polar surface area (TPSA) is 69.4 Å². The van der Waals surface area contributed by atoms with E-state index in [1.807, 2.05) is 0 Å². The predicted octanol–water partition coefficient (Wildman–Crippen LogP) is -0.187. The molecule has 2 N–H and O–H groups in total. The Morgan fingerprint density at radius 3 is 2.85 bits per heavy atom. The molecule has 0 spiro atoms. The number of carbonyl (C=O) groups excluding carboxylic acids is 1. The lowest BCUT2D eigenvalue weighted by Crippen LogP contribution is -2.07. The largest absolute Gasteiger partial charge is 0.466 e. The van der Waals surface area contributed by atoms with E-state index in [1.165, 1.54) is 13.2 Å². The summed E-state index contributed by atoms with van der Waals surface area (Å²) in [6.07, 6.45) is 3.58. The summed E-state index contributed by atoms with van der Waals surface area (Å²) < 4.78 is 15.5. The van der Waals surface area contributed by atoms with E-state index < -0.39 is 16.8 Å². The summed E-state index contributed by atoms with van der Waals surface area (Å²) >= 11 is 0. The number of nitrogens with two attached hydrogens (primary N) is 1. The highest BCUT2D eigenvalue weighted by atomic mass is 32.2. The fourth-order valence-corrected chi connectivity index (χ4v) is 1.61. The molecule has 0 saturated carbocycles. The maximum atomic E-state index is 11.1. The molecule has 0 aromatic rings. The van der Waals surface area contributed by atoms with Crippen LogP contribution in [0.25, 0.3) is 0 Å². The Labute approximate surface area is 80.6 Å². The fourth-order valence-electron chi connectivity index (χ4n) is 0.647. The van der Waals surface area contributed by atoms with Gasteiger partial charge in [0.1, 0.15) is 0 Å². The van der Waals surface area contributed by atoms with Crippen molar-refractivity contribution < 1.29 is 13.7 Å². The first-order valence-electron chi connectivity index (χ1n) is 4.00. The van der Waals surface area contributed by atoms with E-state index in [0.29, 0.717) is 18.1 Å². The zero-order valence-electron chi connectivity index (χ0n) is 7.69. The molecule has 0 heterocycles. The summed E-state index contributed by atoms with van der Waals surface area (Å²) in [6.45, 7) is 0.548. The molecule has 0 aromatic heterocycles. The maximum Gasteiger partial charge on any atom is 0.330 e. The zero-order valence-corrected chi connectivity index (χ0v) is 8.51. The van der Waals surface area contributed by atoms with Crippen LogP contribution < -0.4 is 5.73 Å². The van der Waals surface area contributed by atoms with Gasteiger partial charge in [0.05, 0.1) is 7.11 Å². The van der Waals surface area contributed by atoms with Crippen LogP contribution in [0.5, 0.6) is 0 Å². The lowest BCUT2D eigenvalue weighted by atomic mass is 10.5. The third kappa shape index (κ3) is 7.67. The normalized spacial score (nSPS) is 13.1. The molecule has 0 rings (SSSR count). The van der Waals surface area contributed by atoms with Gasteiger partial charge < -0.3 is 10.5 Å². The maximum absolute atomic E-state index is 11.1. The Bertz CT molecular complexity index is 204. The van der Waals surface area contributed by atoms with E-state index in [1.54, 1.807) is 6.08 Å². The Hall–Kier alpha value is -0.680.